The molecule has 0 atom stereocenters. The quantitative estimate of drug-likeness (QED) is 0.649. The number of phenols is 1. The van der Waals surface area contributed by atoms with E-state index in [0.717, 1.165) is 5.69 Å². The van der Waals surface area contributed by atoms with Crippen molar-refractivity contribution in [2.45, 2.75) is 13.8 Å². The summed E-state index contributed by atoms with van der Waals surface area (Å²) in [5.74, 6) is 0.133. The zero-order valence-corrected chi connectivity index (χ0v) is 11.7. The molecular weight excluding hydrogens is 250 g/mol. The van der Waals surface area contributed by atoms with Crippen LogP contribution in [0.5, 0.6) is 5.75 Å². The highest BCUT2D eigenvalue weighted by Gasteiger charge is 2.06. The van der Waals surface area contributed by atoms with Gasteiger partial charge in [0.25, 0.3) is 0 Å². The second-order valence-electron chi connectivity index (χ2n) is 3.72. The second-order valence-corrected chi connectivity index (χ2v) is 3.72. The number of hydrogen-bond acceptors (Lipinski definition) is 3. The summed E-state index contributed by atoms with van der Waals surface area (Å²) in [6.07, 6.45) is 2.08. The lowest BCUT2D eigenvalue weighted by atomic mass is 10.1. The Kier molecular flexibility index (Phi) is 6.62. The molecule has 0 heterocycles. The Morgan fingerprint density at radius 2 is 1.60 bits per heavy atom. The molecule has 0 aliphatic carbocycles. The topological polar surface area (TPSA) is 49.3 Å². The zero-order valence-electron chi connectivity index (χ0n) is 11.7. The van der Waals surface area contributed by atoms with Gasteiger partial charge in [0.15, 0.2) is 0 Å². The first kappa shape index (κ1) is 15.5. The monoisotopic (exact) mass is 269 g/mol. The molecule has 0 amide bonds. The maximum absolute atomic E-state index is 10.7. The van der Waals surface area contributed by atoms with E-state index in [4.69, 9.17) is 0 Å². The van der Waals surface area contributed by atoms with Gasteiger partial charge in [-0.25, -0.2) is 0 Å². The highest BCUT2D eigenvalue weighted by atomic mass is 16.3. The molecule has 20 heavy (non-hydrogen) atoms. The maximum atomic E-state index is 10.7. The van der Waals surface area contributed by atoms with Crippen LogP contribution in [0.1, 0.15) is 19.4 Å². The molecule has 0 aromatic heterocycles. The first-order chi connectivity index (χ1) is 9.81. The van der Waals surface area contributed by atoms with Gasteiger partial charge in [-0.2, -0.15) is 0 Å². The lowest BCUT2D eigenvalue weighted by molar-refractivity contribution is -0.104. The molecule has 2 aromatic carbocycles. The third-order valence-corrected chi connectivity index (χ3v) is 2.48. The van der Waals surface area contributed by atoms with Crippen molar-refractivity contribution >= 4 is 17.7 Å². The Bertz CT molecular complexity index is 562. The summed E-state index contributed by atoms with van der Waals surface area (Å²) in [6.45, 7) is 4.00. The predicted molar refractivity (Wildman–Crippen MR) is 83.6 cm³/mol. The molecule has 0 aliphatic rings. The van der Waals surface area contributed by atoms with Crippen LogP contribution in [-0.4, -0.2) is 11.4 Å². The SMILES string of the molecule is CC.O=C/C=C(\Nc1ccccc1)c1ccccc1O. The number of allylic oxidation sites excluding steroid dienone is 1. The van der Waals surface area contributed by atoms with Gasteiger partial charge in [-0.15, -0.1) is 0 Å². The van der Waals surface area contributed by atoms with Gasteiger partial charge in [0.1, 0.15) is 12.0 Å². The van der Waals surface area contributed by atoms with Gasteiger partial charge in [-0.1, -0.05) is 44.2 Å². The van der Waals surface area contributed by atoms with Crippen LogP contribution in [0.2, 0.25) is 0 Å². The highest BCUT2D eigenvalue weighted by Crippen LogP contribution is 2.25. The molecular formula is C17H19NO2. The van der Waals surface area contributed by atoms with Crippen molar-refractivity contribution in [3.8, 4) is 5.75 Å². The number of hydrogen-bond donors (Lipinski definition) is 2. The molecule has 2 aromatic rings. The number of anilines is 1. The van der Waals surface area contributed by atoms with Crippen LogP contribution in [0.25, 0.3) is 5.70 Å². The summed E-state index contributed by atoms with van der Waals surface area (Å²) in [5.41, 5.74) is 2.01. The number of aldehydes is 1. The molecule has 0 unspecified atom stereocenters. The smallest absolute Gasteiger partial charge is 0.144 e. The van der Waals surface area contributed by atoms with Crippen LogP contribution in [0.15, 0.2) is 60.7 Å². The van der Waals surface area contributed by atoms with Gasteiger partial charge >= 0.3 is 0 Å². The largest absolute Gasteiger partial charge is 0.507 e. The fraction of sp³-hybridized carbons (Fsp3) is 0.118. The maximum Gasteiger partial charge on any atom is 0.144 e. The number of para-hydroxylation sites is 2. The highest BCUT2D eigenvalue weighted by molar-refractivity contribution is 5.88. The first-order valence-electron chi connectivity index (χ1n) is 6.57. The van der Waals surface area contributed by atoms with Crippen molar-refractivity contribution in [2.75, 3.05) is 5.32 Å². The van der Waals surface area contributed by atoms with Gasteiger partial charge in [0.2, 0.25) is 0 Å². The fourth-order valence-electron chi connectivity index (χ4n) is 1.65. The first-order valence-corrected chi connectivity index (χ1v) is 6.57. The zero-order chi connectivity index (χ0) is 14.8. The van der Waals surface area contributed by atoms with E-state index in [9.17, 15) is 9.90 Å². The Labute approximate surface area is 119 Å². The third kappa shape index (κ3) is 4.28. The summed E-state index contributed by atoms with van der Waals surface area (Å²) in [6, 6.07) is 16.4. The number of benzene rings is 2. The Hall–Kier alpha value is -2.55. The summed E-state index contributed by atoms with van der Waals surface area (Å²) in [4.78, 5) is 10.7. The van der Waals surface area contributed by atoms with E-state index >= 15 is 0 Å². The van der Waals surface area contributed by atoms with Crippen molar-refractivity contribution in [1.82, 2.24) is 0 Å². The third-order valence-electron chi connectivity index (χ3n) is 2.48. The molecule has 104 valence electrons. The summed E-state index contributed by atoms with van der Waals surface area (Å²) >= 11 is 0. The molecule has 2 N–H and O–H groups in total. The van der Waals surface area contributed by atoms with Crippen LogP contribution < -0.4 is 5.32 Å². The molecule has 0 saturated heterocycles. The van der Waals surface area contributed by atoms with Crippen LogP contribution in [-0.2, 0) is 4.79 Å². The molecule has 3 nitrogen and oxygen atoms in total. The lowest BCUT2D eigenvalue weighted by Gasteiger charge is -2.11. The van der Waals surface area contributed by atoms with Gasteiger partial charge in [-0.3, -0.25) is 4.79 Å². The number of phenolic OH excluding ortho intramolecular Hbond substituents is 1. The molecule has 0 spiro atoms. The Morgan fingerprint density at radius 3 is 2.20 bits per heavy atom. The van der Waals surface area contributed by atoms with E-state index in [1.165, 1.54) is 6.08 Å². The van der Waals surface area contributed by atoms with Crippen molar-refractivity contribution in [3.63, 3.8) is 0 Å². The van der Waals surface area contributed by atoms with Crippen molar-refractivity contribution < 1.29 is 9.90 Å². The van der Waals surface area contributed by atoms with Gasteiger partial charge in [-0.05, 0) is 24.3 Å². The summed E-state index contributed by atoms with van der Waals surface area (Å²) in [7, 11) is 0. The molecule has 2 rings (SSSR count). The summed E-state index contributed by atoms with van der Waals surface area (Å²) < 4.78 is 0. The number of aromatic hydroxyl groups is 1. The van der Waals surface area contributed by atoms with E-state index in [0.29, 0.717) is 17.5 Å². The van der Waals surface area contributed by atoms with Crippen LogP contribution in [0.3, 0.4) is 0 Å². The molecule has 0 aliphatic heterocycles. The van der Waals surface area contributed by atoms with Gasteiger partial charge in [0, 0.05) is 17.3 Å². The molecule has 0 radical (unpaired) electrons. The van der Waals surface area contributed by atoms with E-state index < -0.39 is 0 Å². The average Bonchev–Trinajstić information content (AvgIpc) is 2.50. The second kappa shape index (κ2) is 8.53. The minimum Gasteiger partial charge on any atom is -0.507 e. The van der Waals surface area contributed by atoms with E-state index in [1.807, 2.05) is 44.2 Å². The summed E-state index contributed by atoms with van der Waals surface area (Å²) in [5, 5.41) is 12.9. The molecule has 0 saturated carbocycles. The van der Waals surface area contributed by atoms with E-state index in [1.54, 1.807) is 24.3 Å². The number of rotatable bonds is 4. The van der Waals surface area contributed by atoms with E-state index in [-0.39, 0.29) is 5.75 Å². The van der Waals surface area contributed by atoms with Crippen LogP contribution in [0.4, 0.5) is 5.69 Å². The molecule has 0 fully saturated rings. The van der Waals surface area contributed by atoms with E-state index in [2.05, 4.69) is 5.32 Å². The number of nitrogens with one attached hydrogen (secondary N) is 1. The van der Waals surface area contributed by atoms with Crippen molar-refractivity contribution in [3.05, 3.63) is 66.2 Å². The van der Waals surface area contributed by atoms with Crippen LogP contribution >= 0.6 is 0 Å². The molecule has 0 bridgehead atoms. The van der Waals surface area contributed by atoms with Crippen molar-refractivity contribution in [1.29, 1.82) is 0 Å². The van der Waals surface area contributed by atoms with Crippen molar-refractivity contribution in [2.24, 2.45) is 0 Å². The standard InChI is InChI=1S/C15H13NO2.C2H6/c17-11-10-14(13-8-4-5-9-15(13)18)16-12-6-2-1-3-7-12;1-2/h1-11,16,18H;1-2H3/b14-10-;. The molecule has 3 heteroatoms. The number of carbonyl (C=O) groups is 1. The minimum atomic E-state index is 0.133. The number of carbonyl (C=O) groups excluding carboxylic acids is 1. The average molecular weight is 269 g/mol. The van der Waals surface area contributed by atoms with Gasteiger partial charge in [0.05, 0.1) is 5.70 Å². The normalized spacial score (nSPS) is 10.2. The Morgan fingerprint density at radius 1 is 1.00 bits per heavy atom. The predicted octanol–water partition coefficient (Wildman–Crippen LogP) is 4.07. The van der Waals surface area contributed by atoms with Crippen LogP contribution in [0, 0.1) is 0 Å². The van der Waals surface area contributed by atoms with Gasteiger partial charge < -0.3 is 10.4 Å². The lowest BCUT2D eigenvalue weighted by Crippen LogP contribution is -1.99. The minimum absolute atomic E-state index is 0.133. The fourth-order valence-corrected chi connectivity index (χ4v) is 1.65. The Balaban J connectivity index is 0.000000956.